The van der Waals surface area contributed by atoms with Crippen LogP contribution in [0.3, 0.4) is 0 Å². The molecule has 0 radical (unpaired) electrons. The van der Waals surface area contributed by atoms with E-state index in [1.807, 2.05) is 32.0 Å². The number of nitrogens with zero attached hydrogens (tertiary/aromatic N) is 1. The number of ether oxygens (including phenoxy) is 1. The Morgan fingerprint density at radius 2 is 2.15 bits per heavy atom. The molecule has 1 aliphatic heterocycles. The minimum Gasteiger partial charge on any atom is -0.373 e. The Kier molecular flexibility index (Phi) is 10.6. The quantitative estimate of drug-likeness (QED) is 0.273. The van der Waals surface area contributed by atoms with Crippen LogP contribution in [0.2, 0.25) is 0 Å². The third-order valence-corrected chi connectivity index (χ3v) is 4.82. The summed E-state index contributed by atoms with van der Waals surface area (Å²) in [5.74, 6) is 0.696. The average molecular weight is 553 g/mol. The third kappa shape index (κ3) is 8.35. The summed E-state index contributed by atoms with van der Waals surface area (Å²) in [5.41, 5.74) is 1.70. The Balaban J connectivity index is 0.00000364. The SMILES string of the molecule is CCNC(=NCC1(C)CCCO1)NCCC(=O)Nc1ccc(Br)cc1C.I. The molecule has 1 heterocycles. The molecule has 8 heteroatoms. The largest absolute Gasteiger partial charge is 0.373 e. The first-order valence-corrected chi connectivity index (χ1v) is 9.93. The molecule has 152 valence electrons. The van der Waals surface area contributed by atoms with Gasteiger partial charge in [0.2, 0.25) is 5.91 Å². The zero-order valence-electron chi connectivity index (χ0n) is 16.2. The van der Waals surface area contributed by atoms with E-state index in [9.17, 15) is 4.79 Å². The van der Waals surface area contributed by atoms with E-state index in [4.69, 9.17) is 4.74 Å². The monoisotopic (exact) mass is 552 g/mol. The van der Waals surface area contributed by atoms with Gasteiger partial charge in [-0.1, -0.05) is 15.9 Å². The van der Waals surface area contributed by atoms with E-state index >= 15 is 0 Å². The molecule has 0 spiro atoms. The van der Waals surface area contributed by atoms with Gasteiger partial charge in [-0.25, -0.2) is 0 Å². The first-order valence-electron chi connectivity index (χ1n) is 9.14. The molecule has 0 saturated carbocycles. The summed E-state index contributed by atoms with van der Waals surface area (Å²) < 4.78 is 6.77. The number of amides is 1. The molecule has 1 aliphatic rings. The zero-order valence-corrected chi connectivity index (χ0v) is 20.1. The lowest BCUT2D eigenvalue weighted by atomic mass is 10.0. The van der Waals surface area contributed by atoms with Gasteiger partial charge in [-0.2, -0.15) is 0 Å². The van der Waals surface area contributed by atoms with Crippen LogP contribution in [0.4, 0.5) is 5.69 Å². The highest BCUT2D eigenvalue weighted by molar-refractivity contribution is 14.0. The minimum atomic E-state index is -0.168. The van der Waals surface area contributed by atoms with Gasteiger partial charge in [-0.05, 0) is 57.4 Å². The number of hydrogen-bond donors (Lipinski definition) is 3. The van der Waals surface area contributed by atoms with Gasteiger partial charge in [-0.3, -0.25) is 9.79 Å². The van der Waals surface area contributed by atoms with Crippen molar-refractivity contribution >= 4 is 57.5 Å². The molecule has 3 N–H and O–H groups in total. The molecule has 1 unspecified atom stereocenters. The maximum atomic E-state index is 12.2. The van der Waals surface area contributed by atoms with Gasteiger partial charge in [-0.15, -0.1) is 24.0 Å². The van der Waals surface area contributed by atoms with Crippen LogP contribution < -0.4 is 16.0 Å². The second-order valence-electron chi connectivity index (χ2n) is 6.78. The number of guanidine groups is 1. The molecule has 0 aromatic heterocycles. The minimum absolute atomic E-state index is 0. The van der Waals surface area contributed by atoms with Crippen LogP contribution in [-0.2, 0) is 9.53 Å². The highest BCUT2D eigenvalue weighted by atomic mass is 127. The molecule has 0 aliphatic carbocycles. The average Bonchev–Trinajstić information content (AvgIpc) is 3.02. The summed E-state index contributed by atoms with van der Waals surface area (Å²) in [7, 11) is 0. The molecule has 1 fully saturated rings. The standard InChI is InChI=1S/C19H29BrN4O2.HI/c1-4-21-18(23-13-19(3)9-5-11-26-19)22-10-8-17(25)24-16-7-6-15(20)12-14(16)2;/h6-7,12H,4-5,8-11,13H2,1-3H3,(H,24,25)(H2,21,22,23);1H. The van der Waals surface area contributed by atoms with Crippen molar-refractivity contribution in [3.63, 3.8) is 0 Å². The second kappa shape index (κ2) is 11.9. The van der Waals surface area contributed by atoms with E-state index in [1.54, 1.807) is 0 Å². The van der Waals surface area contributed by atoms with Crippen LogP contribution in [-0.4, -0.2) is 43.7 Å². The van der Waals surface area contributed by atoms with E-state index < -0.39 is 0 Å². The van der Waals surface area contributed by atoms with Gasteiger partial charge in [0.25, 0.3) is 0 Å². The number of halogens is 2. The highest BCUT2D eigenvalue weighted by Crippen LogP contribution is 2.25. The molecule has 0 bridgehead atoms. The van der Waals surface area contributed by atoms with E-state index in [0.29, 0.717) is 19.5 Å². The van der Waals surface area contributed by atoms with Gasteiger partial charge < -0.3 is 20.7 Å². The first-order chi connectivity index (χ1) is 12.4. The molecule has 1 aromatic carbocycles. The lowest BCUT2D eigenvalue weighted by molar-refractivity contribution is -0.116. The molecule has 2 rings (SSSR count). The Morgan fingerprint density at radius 1 is 1.37 bits per heavy atom. The van der Waals surface area contributed by atoms with Crippen molar-refractivity contribution in [1.29, 1.82) is 0 Å². The number of carbonyl (C=O) groups excluding carboxylic acids is 1. The number of nitrogens with one attached hydrogen (secondary N) is 3. The summed E-state index contributed by atoms with van der Waals surface area (Å²) in [5, 5.41) is 9.37. The Hall–Kier alpha value is -0.870. The van der Waals surface area contributed by atoms with Crippen LogP contribution in [0.25, 0.3) is 0 Å². The van der Waals surface area contributed by atoms with Gasteiger partial charge in [0.1, 0.15) is 0 Å². The summed E-state index contributed by atoms with van der Waals surface area (Å²) >= 11 is 3.43. The molecular formula is C19H30BrIN4O2. The summed E-state index contributed by atoms with van der Waals surface area (Å²) in [6.45, 7) is 8.81. The predicted molar refractivity (Wildman–Crippen MR) is 125 cm³/mol. The van der Waals surface area contributed by atoms with E-state index in [1.165, 1.54) is 0 Å². The fraction of sp³-hybridized carbons (Fsp3) is 0.579. The first kappa shape index (κ1) is 24.2. The predicted octanol–water partition coefficient (Wildman–Crippen LogP) is 3.83. The Labute approximate surface area is 187 Å². The number of benzene rings is 1. The smallest absolute Gasteiger partial charge is 0.226 e. The molecule has 1 saturated heterocycles. The van der Waals surface area contributed by atoms with E-state index in [-0.39, 0.29) is 35.5 Å². The summed E-state index contributed by atoms with van der Waals surface area (Å²) in [6, 6.07) is 5.80. The number of anilines is 1. The van der Waals surface area contributed by atoms with Crippen LogP contribution >= 0.6 is 39.9 Å². The van der Waals surface area contributed by atoms with Crippen molar-refractivity contribution in [2.45, 2.75) is 45.6 Å². The van der Waals surface area contributed by atoms with E-state index in [0.717, 1.165) is 47.7 Å². The molecule has 1 atom stereocenters. The van der Waals surface area contributed by atoms with E-state index in [2.05, 4.69) is 43.8 Å². The maximum absolute atomic E-state index is 12.2. The summed E-state index contributed by atoms with van der Waals surface area (Å²) in [6.07, 6.45) is 2.49. The molecule has 6 nitrogen and oxygen atoms in total. The van der Waals surface area contributed by atoms with Crippen LogP contribution in [0, 0.1) is 6.92 Å². The highest BCUT2D eigenvalue weighted by Gasteiger charge is 2.29. The van der Waals surface area contributed by atoms with Crippen LogP contribution in [0.1, 0.15) is 38.7 Å². The van der Waals surface area contributed by atoms with Crippen LogP contribution in [0.15, 0.2) is 27.7 Å². The Morgan fingerprint density at radius 3 is 2.78 bits per heavy atom. The lowest BCUT2D eigenvalue weighted by Gasteiger charge is -2.21. The van der Waals surface area contributed by atoms with Crippen molar-refractivity contribution in [2.24, 2.45) is 4.99 Å². The molecular weight excluding hydrogens is 523 g/mol. The van der Waals surface area contributed by atoms with Gasteiger partial charge >= 0.3 is 0 Å². The summed E-state index contributed by atoms with van der Waals surface area (Å²) in [4.78, 5) is 16.8. The normalized spacial score (nSPS) is 19.3. The molecule has 1 aromatic rings. The topological polar surface area (TPSA) is 74.8 Å². The third-order valence-electron chi connectivity index (χ3n) is 4.32. The maximum Gasteiger partial charge on any atom is 0.226 e. The number of hydrogen-bond acceptors (Lipinski definition) is 3. The zero-order chi connectivity index (χ0) is 19.0. The van der Waals surface area contributed by atoms with Crippen molar-refractivity contribution in [1.82, 2.24) is 10.6 Å². The van der Waals surface area contributed by atoms with Crippen molar-refractivity contribution in [2.75, 3.05) is 31.6 Å². The van der Waals surface area contributed by atoms with Crippen LogP contribution in [0.5, 0.6) is 0 Å². The van der Waals surface area contributed by atoms with Gasteiger partial charge in [0.05, 0.1) is 12.1 Å². The fourth-order valence-corrected chi connectivity index (χ4v) is 3.30. The van der Waals surface area contributed by atoms with Crippen molar-refractivity contribution in [3.05, 3.63) is 28.2 Å². The number of carbonyl (C=O) groups is 1. The van der Waals surface area contributed by atoms with Crippen molar-refractivity contribution in [3.8, 4) is 0 Å². The van der Waals surface area contributed by atoms with Gasteiger partial charge in [0, 0.05) is 36.3 Å². The molecule has 27 heavy (non-hydrogen) atoms. The fourth-order valence-electron chi connectivity index (χ4n) is 2.82. The van der Waals surface area contributed by atoms with Gasteiger partial charge in [0.15, 0.2) is 5.96 Å². The number of rotatable bonds is 7. The van der Waals surface area contributed by atoms with Crippen molar-refractivity contribution < 1.29 is 9.53 Å². The Bertz CT molecular complexity index is 649. The molecule has 1 amide bonds. The number of aryl methyl sites for hydroxylation is 1. The second-order valence-corrected chi connectivity index (χ2v) is 7.70. The number of aliphatic imine (C=N–C) groups is 1. The lowest BCUT2D eigenvalue weighted by Crippen LogP contribution is -2.40.